The van der Waals surface area contributed by atoms with E-state index in [0.29, 0.717) is 37.8 Å². The number of unbranched alkanes of at least 4 members (excludes halogenated alkanes) is 1. The molecular formula is C27H27F3N8O3. The van der Waals surface area contributed by atoms with Gasteiger partial charge < -0.3 is 15.4 Å². The molecule has 4 aromatic rings. The summed E-state index contributed by atoms with van der Waals surface area (Å²) in [7, 11) is 0. The SMILES string of the molecule is CC(F)(F)Oc1ccc(F)c(CNC(=O)c2cn(CCCCc3ccc(NC(=O)Cc4ccccn4)nn3)nn2)c1. The summed E-state index contributed by atoms with van der Waals surface area (Å²) >= 11 is 0. The standard InChI is InChI=1S/C27H27F3N8O3/c1-27(29,30)41-21-9-10-22(28)18(14-21)16-32-26(40)23-17-38(37-35-23)13-5-3-6-19-8-11-24(36-34-19)33-25(39)15-20-7-2-4-12-31-20/h2,4,7-12,14,17H,3,5-6,13,15-16H2,1H3,(H,32,40)(H,33,36,39). The number of nitrogens with one attached hydrogen (secondary N) is 2. The van der Waals surface area contributed by atoms with Crippen LogP contribution in [0.2, 0.25) is 0 Å². The van der Waals surface area contributed by atoms with E-state index in [2.05, 4.69) is 40.9 Å². The Kier molecular flexibility index (Phi) is 9.55. The van der Waals surface area contributed by atoms with Crippen LogP contribution in [0.25, 0.3) is 0 Å². The Morgan fingerprint density at radius 3 is 2.61 bits per heavy atom. The molecule has 0 fully saturated rings. The summed E-state index contributed by atoms with van der Waals surface area (Å²) in [6.07, 6.45) is 1.93. The molecule has 4 rings (SSSR count). The number of anilines is 1. The fourth-order valence-electron chi connectivity index (χ4n) is 3.73. The average molecular weight is 569 g/mol. The van der Waals surface area contributed by atoms with Crippen LogP contribution in [0.1, 0.15) is 47.2 Å². The molecule has 14 heteroatoms. The number of hydrogen-bond donors (Lipinski definition) is 2. The lowest BCUT2D eigenvalue weighted by atomic mass is 10.2. The van der Waals surface area contributed by atoms with Gasteiger partial charge in [0.15, 0.2) is 11.5 Å². The van der Waals surface area contributed by atoms with Gasteiger partial charge in [0.05, 0.1) is 18.3 Å². The summed E-state index contributed by atoms with van der Waals surface area (Å²) in [5.41, 5.74) is 1.43. The van der Waals surface area contributed by atoms with Crippen LogP contribution in [-0.2, 0) is 30.7 Å². The van der Waals surface area contributed by atoms with Gasteiger partial charge in [0.2, 0.25) is 5.91 Å². The molecule has 0 saturated heterocycles. The largest absolute Gasteiger partial charge is 0.433 e. The number of halogens is 3. The van der Waals surface area contributed by atoms with Gasteiger partial charge in [-0.25, -0.2) is 4.39 Å². The highest BCUT2D eigenvalue weighted by Gasteiger charge is 2.23. The summed E-state index contributed by atoms with van der Waals surface area (Å²) in [4.78, 5) is 28.7. The molecule has 41 heavy (non-hydrogen) atoms. The molecular weight excluding hydrogens is 541 g/mol. The number of aryl methyl sites for hydroxylation is 2. The average Bonchev–Trinajstić information content (AvgIpc) is 3.41. The van der Waals surface area contributed by atoms with Crippen molar-refractivity contribution in [2.45, 2.75) is 51.8 Å². The molecule has 2 N–H and O–H groups in total. The first kappa shape index (κ1) is 29.1. The highest BCUT2D eigenvalue weighted by Crippen LogP contribution is 2.23. The number of alkyl halides is 2. The summed E-state index contributed by atoms with van der Waals surface area (Å²) in [6, 6.07) is 12.0. The molecule has 0 aliphatic heterocycles. The van der Waals surface area contributed by atoms with Crippen molar-refractivity contribution in [1.29, 1.82) is 0 Å². The van der Waals surface area contributed by atoms with E-state index in [0.717, 1.165) is 30.3 Å². The Morgan fingerprint density at radius 2 is 1.88 bits per heavy atom. The lowest BCUT2D eigenvalue weighted by Gasteiger charge is -2.14. The van der Waals surface area contributed by atoms with Gasteiger partial charge in [0, 0.05) is 37.5 Å². The number of amides is 2. The molecule has 0 aliphatic carbocycles. The molecule has 0 spiro atoms. The normalized spacial score (nSPS) is 11.2. The van der Waals surface area contributed by atoms with Crippen LogP contribution in [0, 0.1) is 5.82 Å². The van der Waals surface area contributed by atoms with E-state index in [9.17, 15) is 22.8 Å². The maximum Gasteiger partial charge on any atom is 0.394 e. The minimum absolute atomic E-state index is 0.0181. The topological polar surface area (TPSA) is 137 Å². The molecule has 3 heterocycles. The molecule has 0 radical (unpaired) electrons. The Morgan fingerprint density at radius 1 is 1.02 bits per heavy atom. The van der Waals surface area contributed by atoms with Gasteiger partial charge in [-0.3, -0.25) is 19.3 Å². The van der Waals surface area contributed by atoms with E-state index in [-0.39, 0.29) is 35.9 Å². The van der Waals surface area contributed by atoms with E-state index in [1.54, 1.807) is 30.5 Å². The van der Waals surface area contributed by atoms with Gasteiger partial charge in [-0.15, -0.1) is 10.2 Å². The predicted octanol–water partition coefficient (Wildman–Crippen LogP) is 3.73. The van der Waals surface area contributed by atoms with Gasteiger partial charge in [-0.1, -0.05) is 11.3 Å². The quantitative estimate of drug-likeness (QED) is 0.233. The summed E-state index contributed by atoms with van der Waals surface area (Å²) in [5.74, 6) is -1.37. The third kappa shape index (κ3) is 9.37. The predicted molar refractivity (Wildman–Crippen MR) is 140 cm³/mol. The number of pyridine rings is 1. The Bertz CT molecular complexity index is 1460. The molecule has 0 aliphatic rings. The maximum atomic E-state index is 14.0. The van der Waals surface area contributed by atoms with E-state index in [1.165, 1.54) is 10.9 Å². The molecule has 1 aromatic carbocycles. The number of ether oxygens (including phenoxy) is 1. The second kappa shape index (κ2) is 13.5. The number of nitrogens with zero attached hydrogens (tertiary/aromatic N) is 6. The first-order chi connectivity index (χ1) is 19.6. The Labute approximate surface area is 233 Å². The minimum Gasteiger partial charge on any atom is -0.433 e. The molecule has 0 saturated carbocycles. The van der Waals surface area contributed by atoms with Crippen molar-refractivity contribution in [3.05, 3.63) is 89.4 Å². The van der Waals surface area contributed by atoms with Gasteiger partial charge in [-0.05, 0) is 61.7 Å². The zero-order chi connectivity index (χ0) is 29.2. The van der Waals surface area contributed by atoms with Gasteiger partial charge in [0.1, 0.15) is 11.6 Å². The van der Waals surface area contributed by atoms with Crippen LogP contribution >= 0.6 is 0 Å². The van der Waals surface area contributed by atoms with Crippen molar-refractivity contribution in [3.63, 3.8) is 0 Å². The van der Waals surface area contributed by atoms with Gasteiger partial charge in [0.25, 0.3) is 5.91 Å². The smallest absolute Gasteiger partial charge is 0.394 e. The van der Waals surface area contributed by atoms with E-state index in [4.69, 9.17) is 0 Å². The fraction of sp³-hybridized carbons (Fsp3) is 0.296. The number of rotatable bonds is 13. The monoisotopic (exact) mass is 568 g/mol. The first-order valence-electron chi connectivity index (χ1n) is 12.7. The molecule has 0 bridgehead atoms. The zero-order valence-electron chi connectivity index (χ0n) is 22.1. The van der Waals surface area contributed by atoms with Crippen LogP contribution in [0.5, 0.6) is 5.75 Å². The molecule has 3 aromatic heterocycles. The van der Waals surface area contributed by atoms with Crippen LogP contribution < -0.4 is 15.4 Å². The van der Waals surface area contributed by atoms with Crippen LogP contribution in [0.15, 0.2) is 60.9 Å². The second-order valence-electron chi connectivity index (χ2n) is 9.13. The van der Waals surface area contributed by atoms with Crippen LogP contribution in [0.3, 0.4) is 0 Å². The number of hydrogen-bond acceptors (Lipinski definition) is 8. The fourth-order valence-corrected chi connectivity index (χ4v) is 3.73. The maximum absolute atomic E-state index is 14.0. The van der Waals surface area contributed by atoms with Crippen molar-refractivity contribution < 1.29 is 27.5 Å². The minimum atomic E-state index is -3.42. The van der Waals surface area contributed by atoms with E-state index in [1.807, 2.05) is 6.07 Å². The van der Waals surface area contributed by atoms with E-state index < -0.39 is 17.8 Å². The number of carbonyl (C=O) groups is 2. The van der Waals surface area contributed by atoms with Crippen molar-refractivity contribution in [2.75, 3.05) is 5.32 Å². The highest BCUT2D eigenvalue weighted by molar-refractivity contribution is 5.92. The zero-order valence-corrected chi connectivity index (χ0v) is 22.1. The van der Waals surface area contributed by atoms with Crippen LogP contribution in [-0.4, -0.2) is 48.1 Å². The lowest BCUT2D eigenvalue weighted by Crippen LogP contribution is -2.24. The van der Waals surface area contributed by atoms with Crippen LogP contribution in [0.4, 0.5) is 19.0 Å². The number of aromatic nitrogens is 6. The summed E-state index contributed by atoms with van der Waals surface area (Å²) in [5, 5.41) is 21.1. The van der Waals surface area contributed by atoms with E-state index >= 15 is 0 Å². The lowest BCUT2D eigenvalue weighted by molar-refractivity contribution is -0.159. The van der Waals surface area contributed by atoms with Crippen molar-refractivity contribution >= 4 is 17.6 Å². The Hall–Kier alpha value is -4.88. The molecule has 214 valence electrons. The molecule has 0 atom stereocenters. The van der Waals surface area contributed by atoms with Gasteiger partial charge in [-0.2, -0.15) is 13.9 Å². The summed E-state index contributed by atoms with van der Waals surface area (Å²) in [6.45, 7) is 0.814. The third-order valence-electron chi connectivity index (χ3n) is 5.65. The van der Waals surface area contributed by atoms with Gasteiger partial charge >= 0.3 is 6.11 Å². The molecule has 2 amide bonds. The summed E-state index contributed by atoms with van der Waals surface area (Å²) < 4.78 is 46.1. The van der Waals surface area contributed by atoms with Crippen molar-refractivity contribution in [1.82, 2.24) is 35.5 Å². The highest BCUT2D eigenvalue weighted by atomic mass is 19.3. The van der Waals surface area contributed by atoms with Crippen molar-refractivity contribution in [3.8, 4) is 5.75 Å². The number of carbonyl (C=O) groups excluding carboxylic acids is 2. The second-order valence-corrected chi connectivity index (χ2v) is 9.13. The number of benzene rings is 1. The third-order valence-corrected chi connectivity index (χ3v) is 5.65. The molecule has 0 unspecified atom stereocenters. The van der Waals surface area contributed by atoms with Crippen molar-refractivity contribution in [2.24, 2.45) is 0 Å². The first-order valence-corrected chi connectivity index (χ1v) is 12.7. The molecule has 11 nitrogen and oxygen atoms in total. The Balaban J connectivity index is 1.17.